The van der Waals surface area contributed by atoms with E-state index in [4.69, 9.17) is 0 Å². The molecule has 1 aromatic carbocycles. The van der Waals surface area contributed by atoms with Crippen LogP contribution < -0.4 is 0 Å². The lowest BCUT2D eigenvalue weighted by Gasteiger charge is -2.07. The number of rotatable bonds is 16. The van der Waals surface area contributed by atoms with Crippen molar-refractivity contribution in [3.63, 3.8) is 0 Å². The predicted octanol–water partition coefficient (Wildman–Crippen LogP) is 7.91. The number of ketones is 1. The Morgan fingerprint density at radius 3 is 1.60 bits per heavy atom. The Kier molecular flexibility index (Phi) is 13.3. The van der Waals surface area contributed by atoms with Crippen molar-refractivity contribution >= 4 is 5.78 Å². The van der Waals surface area contributed by atoms with Gasteiger partial charge < -0.3 is 0 Å². The quantitative estimate of drug-likeness (QED) is 0.220. The summed E-state index contributed by atoms with van der Waals surface area (Å²) in [6.45, 7) is 3.95. The average Bonchev–Trinajstić information content (AvgIpc) is 2.62. The molecule has 0 bridgehead atoms. The molecule has 0 saturated heterocycles. The van der Waals surface area contributed by atoms with Gasteiger partial charge in [-0.1, -0.05) is 115 Å². The molecule has 142 valence electrons. The van der Waals surface area contributed by atoms with Gasteiger partial charge in [0.15, 0.2) is 5.78 Å². The van der Waals surface area contributed by atoms with Crippen LogP contribution in [0, 0.1) is 0 Å². The highest BCUT2D eigenvalue weighted by molar-refractivity contribution is 5.95. The Bertz CT molecular complexity index is 449. The minimum Gasteiger partial charge on any atom is -0.295 e. The molecule has 0 fully saturated rings. The monoisotopic (exact) mass is 344 g/mol. The maximum absolute atomic E-state index is 11.6. The van der Waals surface area contributed by atoms with Gasteiger partial charge in [-0.25, -0.2) is 0 Å². The second-order valence-electron chi connectivity index (χ2n) is 7.56. The summed E-state index contributed by atoms with van der Waals surface area (Å²) in [5.41, 5.74) is 2.14. The fourth-order valence-electron chi connectivity index (χ4n) is 3.59. The number of Topliss-reactive ketones (excluding diaryl/α,β-unsaturated/α-hetero) is 1. The van der Waals surface area contributed by atoms with E-state index in [9.17, 15) is 4.79 Å². The van der Waals surface area contributed by atoms with Gasteiger partial charge in [-0.3, -0.25) is 4.79 Å². The van der Waals surface area contributed by atoms with Gasteiger partial charge in [-0.05, 0) is 25.3 Å². The second kappa shape index (κ2) is 15.2. The second-order valence-corrected chi connectivity index (χ2v) is 7.56. The zero-order chi connectivity index (χ0) is 18.2. The van der Waals surface area contributed by atoms with Crippen molar-refractivity contribution in [1.82, 2.24) is 0 Å². The molecule has 0 heterocycles. The summed E-state index contributed by atoms with van der Waals surface area (Å²) < 4.78 is 0. The van der Waals surface area contributed by atoms with Crippen molar-refractivity contribution in [2.24, 2.45) is 0 Å². The number of carbonyl (C=O) groups excluding carboxylic acids is 1. The van der Waals surface area contributed by atoms with E-state index < -0.39 is 0 Å². The van der Waals surface area contributed by atoms with E-state index in [1.54, 1.807) is 6.92 Å². The molecule has 0 radical (unpaired) electrons. The molecule has 0 aromatic heterocycles. The summed E-state index contributed by atoms with van der Waals surface area (Å²) in [4.78, 5) is 11.6. The lowest BCUT2D eigenvalue weighted by atomic mass is 9.98. The Morgan fingerprint density at radius 2 is 1.12 bits per heavy atom. The lowest BCUT2D eigenvalue weighted by Crippen LogP contribution is -1.99. The number of carbonyl (C=O) groups is 1. The SMILES string of the molecule is CCCCCCCCCCCCCCCCc1ccccc1C(C)=O. The minimum absolute atomic E-state index is 0.195. The average molecular weight is 345 g/mol. The van der Waals surface area contributed by atoms with Crippen LogP contribution in [0.2, 0.25) is 0 Å². The van der Waals surface area contributed by atoms with Crippen molar-refractivity contribution in [1.29, 1.82) is 0 Å². The zero-order valence-electron chi connectivity index (χ0n) is 16.8. The van der Waals surface area contributed by atoms with Crippen molar-refractivity contribution in [3.8, 4) is 0 Å². The van der Waals surface area contributed by atoms with E-state index in [0.29, 0.717) is 0 Å². The number of unbranched alkanes of at least 4 members (excludes halogenated alkanes) is 13. The van der Waals surface area contributed by atoms with Gasteiger partial charge in [0.05, 0.1) is 0 Å². The standard InChI is InChI=1S/C24H40O/c1-3-4-5-6-7-8-9-10-11-12-13-14-15-16-19-23-20-17-18-21-24(23)22(2)25/h17-18,20-21H,3-16,19H2,1-2H3. The topological polar surface area (TPSA) is 17.1 Å². The first-order valence-corrected chi connectivity index (χ1v) is 10.8. The van der Waals surface area contributed by atoms with Crippen LogP contribution in [0.3, 0.4) is 0 Å². The van der Waals surface area contributed by atoms with Crippen LogP contribution in [0.15, 0.2) is 24.3 Å². The molecule has 0 saturated carbocycles. The highest BCUT2D eigenvalue weighted by Gasteiger charge is 2.05. The number of hydrogen-bond acceptors (Lipinski definition) is 1. The molecule has 1 nitrogen and oxygen atoms in total. The van der Waals surface area contributed by atoms with E-state index in [1.807, 2.05) is 18.2 Å². The van der Waals surface area contributed by atoms with Crippen molar-refractivity contribution in [3.05, 3.63) is 35.4 Å². The fraction of sp³-hybridized carbons (Fsp3) is 0.708. The number of benzene rings is 1. The molecule has 0 aliphatic heterocycles. The molecule has 0 N–H and O–H groups in total. The summed E-state index contributed by atoms with van der Waals surface area (Å²) in [5, 5.41) is 0. The molecule has 25 heavy (non-hydrogen) atoms. The third-order valence-electron chi connectivity index (χ3n) is 5.20. The summed E-state index contributed by atoms with van der Waals surface area (Å²) in [6, 6.07) is 8.08. The van der Waals surface area contributed by atoms with Gasteiger partial charge in [0.25, 0.3) is 0 Å². The molecular weight excluding hydrogens is 304 g/mol. The third-order valence-corrected chi connectivity index (χ3v) is 5.20. The van der Waals surface area contributed by atoms with Crippen LogP contribution >= 0.6 is 0 Å². The fourth-order valence-corrected chi connectivity index (χ4v) is 3.59. The van der Waals surface area contributed by atoms with Crippen LogP contribution in [-0.2, 0) is 6.42 Å². The van der Waals surface area contributed by atoms with Gasteiger partial charge in [0.2, 0.25) is 0 Å². The molecule has 0 aliphatic rings. The smallest absolute Gasteiger partial charge is 0.160 e. The first-order valence-electron chi connectivity index (χ1n) is 10.8. The lowest BCUT2D eigenvalue weighted by molar-refractivity contribution is 0.101. The maximum Gasteiger partial charge on any atom is 0.160 e. The normalized spacial score (nSPS) is 11.0. The van der Waals surface area contributed by atoms with Gasteiger partial charge in [-0.2, -0.15) is 0 Å². The first-order chi connectivity index (χ1) is 12.3. The largest absolute Gasteiger partial charge is 0.295 e. The molecule has 0 unspecified atom stereocenters. The number of hydrogen-bond donors (Lipinski definition) is 0. The summed E-state index contributed by atoms with van der Waals surface area (Å²) in [7, 11) is 0. The highest BCUT2D eigenvalue weighted by Crippen LogP contribution is 2.16. The van der Waals surface area contributed by atoms with Crippen molar-refractivity contribution in [2.75, 3.05) is 0 Å². The van der Waals surface area contributed by atoms with Crippen LogP contribution in [0.25, 0.3) is 0 Å². The Morgan fingerprint density at radius 1 is 0.680 bits per heavy atom. The molecular formula is C24H40O. The van der Waals surface area contributed by atoms with Gasteiger partial charge in [0.1, 0.15) is 0 Å². The van der Waals surface area contributed by atoms with Crippen LogP contribution in [-0.4, -0.2) is 5.78 Å². The maximum atomic E-state index is 11.6. The van der Waals surface area contributed by atoms with E-state index >= 15 is 0 Å². The van der Waals surface area contributed by atoms with Crippen molar-refractivity contribution in [2.45, 2.75) is 110 Å². The molecule has 1 aromatic rings. The summed E-state index contributed by atoms with van der Waals surface area (Å²) in [6.07, 6.45) is 20.5. The third kappa shape index (κ3) is 11.2. The van der Waals surface area contributed by atoms with Crippen LogP contribution in [0.1, 0.15) is 120 Å². The van der Waals surface area contributed by atoms with Gasteiger partial charge in [0, 0.05) is 5.56 Å². The minimum atomic E-state index is 0.195. The summed E-state index contributed by atoms with van der Waals surface area (Å²) in [5.74, 6) is 0.195. The van der Waals surface area contributed by atoms with Gasteiger partial charge >= 0.3 is 0 Å². The molecule has 0 amide bonds. The Labute approximate surface area is 156 Å². The molecule has 1 rings (SSSR count). The Hall–Kier alpha value is -1.11. The molecule has 0 aliphatic carbocycles. The highest BCUT2D eigenvalue weighted by atomic mass is 16.1. The van der Waals surface area contributed by atoms with E-state index in [2.05, 4.69) is 13.0 Å². The molecule has 0 atom stereocenters. The Balaban J connectivity index is 1.90. The number of aryl methyl sites for hydroxylation is 1. The predicted molar refractivity (Wildman–Crippen MR) is 110 cm³/mol. The van der Waals surface area contributed by atoms with Crippen LogP contribution in [0.5, 0.6) is 0 Å². The first kappa shape index (κ1) is 21.9. The zero-order valence-corrected chi connectivity index (χ0v) is 16.8. The molecule has 1 heteroatoms. The van der Waals surface area contributed by atoms with E-state index in [-0.39, 0.29) is 5.78 Å². The summed E-state index contributed by atoms with van der Waals surface area (Å²) >= 11 is 0. The van der Waals surface area contributed by atoms with E-state index in [0.717, 1.165) is 12.0 Å². The van der Waals surface area contributed by atoms with E-state index in [1.165, 1.54) is 95.5 Å². The molecule has 0 spiro atoms. The van der Waals surface area contributed by atoms with Crippen LogP contribution in [0.4, 0.5) is 0 Å². The van der Waals surface area contributed by atoms with Crippen molar-refractivity contribution < 1.29 is 4.79 Å². The van der Waals surface area contributed by atoms with Gasteiger partial charge in [-0.15, -0.1) is 0 Å².